The van der Waals surface area contributed by atoms with Crippen molar-refractivity contribution < 1.29 is 13.6 Å². The van der Waals surface area contributed by atoms with Crippen molar-refractivity contribution >= 4 is 33.9 Å². The van der Waals surface area contributed by atoms with E-state index in [2.05, 4.69) is 15.6 Å². The first-order valence-electron chi connectivity index (χ1n) is 9.24. The minimum atomic E-state index is -0.921. The zero-order valence-corrected chi connectivity index (χ0v) is 15.0. The summed E-state index contributed by atoms with van der Waals surface area (Å²) < 4.78 is 28.4. The highest BCUT2D eigenvalue weighted by Gasteiger charge is 2.46. The quantitative estimate of drug-likeness (QED) is 0.698. The molecule has 7 heteroatoms. The zero-order chi connectivity index (χ0) is 19.3. The molecule has 2 N–H and O–H groups in total. The minimum Gasteiger partial charge on any atom is -0.367 e. The molecule has 5 nitrogen and oxygen atoms in total. The Labute approximate surface area is 160 Å². The lowest BCUT2D eigenvalue weighted by molar-refractivity contribution is 0.262. The van der Waals surface area contributed by atoms with E-state index < -0.39 is 17.7 Å². The molecular formula is C21H18F2N4O. The van der Waals surface area contributed by atoms with Crippen molar-refractivity contribution in [2.75, 3.05) is 28.6 Å². The molecule has 1 unspecified atom stereocenters. The summed E-state index contributed by atoms with van der Waals surface area (Å²) in [5.41, 5.74) is 1.01. The van der Waals surface area contributed by atoms with Gasteiger partial charge in [0.15, 0.2) is 11.6 Å². The average Bonchev–Trinajstić information content (AvgIpc) is 3.30. The second kappa shape index (κ2) is 6.44. The molecule has 2 heterocycles. The monoisotopic (exact) mass is 380 g/mol. The van der Waals surface area contributed by atoms with E-state index in [0.29, 0.717) is 30.6 Å². The highest BCUT2D eigenvalue weighted by atomic mass is 19.2. The Morgan fingerprint density at radius 2 is 1.82 bits per heavy atom. The van der Waals surface area contributed by atoms with Gasteiger partial charge in [0.05, 0.1) is 11.4 Å². The Morgan fingerprint density at radius 3 is 2.64 bits per heavy atom. The lowest BCUT2D eigenvalue weighted by Crippen LogP contribution is -2.27. The fraction of sp³-hybridized carbons (Fsp3) is 0.238. The van der Waals surface area contributed by atoms with Crippen LogP contribution in [0.3, 0.4) is 0 Å². The SMILES string of the molecule is O=C(Nc1ccc(F)c(F)c1N1CC2C[C@H]2C1)Nc1cccc2cnccc12. The van der Waals surface area contributed by atoms with Crippen molar-refractivity contribution in [3.8, 4) is 0 Å². The van der Waals surface area contributed by atoms with E-state index in [1.54, 1.807) is 18.5 Å². The first kappa shape index (κ1) is 16.9. The molecule has 28 heavy (non-hydrogen) atoms. The molecule has 2 atom stereocenters. The summed E-state index contributed by atoms with van der Waals surface area (Å²) in [6, 6.07) is 9.24. The highest BCUT2D eigenvalue weighted by Crippen LogP contribution is 2.48. The van der Waals surface area contributed by atoms with Crippen molar-refractivity contribution in [1.82, 2.24) is 4.98 Å². The maximum atomic E-state index is 14.5. The number of urea groups is 1. The molecule has 1 aliphatic heterocycles. The van der Waals surface area contributed by atoms with Crippen LogP contribution in [-0.2, 0) is 0 Å². The van der Waals surface area contributed by atoms with Gasteiger partial charge in [0.2, 0.25) is 0 Å². The molecule has 0 bridgehead atoms. The van der Waals surface area contributed by atoms with Crippen molar-refractivity contribution in [2.24, 2.45) is 11.8 Å². The fourth-order valence-electron chi connectivity index (χ4n) is 4.04. The number of carbonyl (C=O) groups is 1. The first-order chi connectivity index (χ1) is 13.6. The average molecular weight is 380 g/mol. The molecule has 1 aromatic heterocycles. The molecule has 0 radical (unpaired) electrons. The van der Waals surface area contributed by atoms with Crippen LogP contribution in [0.5, 0.6) is 0 Å². The van der Waals surface area contributed by atoms with E-state index in [0.717, 1.165) is 23.3 Å². The number of carbonyl (C=O) groups excluding carboxylic acids is 1. The summed E-state index contributed by atoms with van der Waals surface area (Å²) in [5, 5.41) is 7.21. The van der Waals surface area contributed by atoms with Crippen LogP contribution in [0.4, 0.5) is 30.6 Å². The van der Waals surface area contributed by atoms with Gasteiger partial charge in [0.1, 0.15) is 5.69 Å². The van der Waals surface area contributed by atoms with Crippen LogP contribution in [0.15, 0.2) is 48.8 Å². The van der Waals surface area contributed by atoms with Gasteiger partial charge in [0, 0.05) is 36.3 Å². The standard InChI is InChI=1S/C21H18F2N4O/c22-16-4-5-18(20(19(16)23)27-10-13-8-14(13)11-27)26-21(28)25-17-3-1-2-12-9-24-7-6-15(12)17/h1-7,9,13-14H,8,10-11H2,(H2,25,26,28)/t13-,14?/m0/s1. The summed E-state index contributed by atoms with van der Waals surface area (Å²) in [4.78, 5) is 18.5. The number of piperidine rings is 1. The molecule has 3 aromatic rings. The molecule has 0 spiro atoms. The summed E-state index contributed by atoms with van der Waals surface area (Å²) >= 11 is 0. The van der Waals surface area contributed by atoms with E-state index in [1.807, 2.05) is 23.1 Å². The van der Waals surface area contributed by atoms with Crippen LogP contribution >= 0.6 is 0 Å². The lowest BCUT2D eigenvalue weighted by atomic mass is 10.1. The van der Waals surface area contributed by atoms with Crippen LogP contribution in [0, 0.1) is 23.5 Å². The predicted molar refractivity (Wildman–Crippen MR) is 105 cm³/mol. The number of anilines is 3. The molecule has 5 rings (SSSR count). The van der Waals surface area contributed by atoms with Crippen LogP contribution in [0.25, 0.3) is 10.8 Å². The largest absolute Gasteiger partial charge is 0.367 e. The summed E-state index contributed by atoms with van der Waals surface area (Å²) in [6.45, 7) is 1.38. The molecule has 2 aromatic carbocycles. The van der Waals surface area contributed by atoms with E-state index in [4.69, 9.17) is 0 Å². The number of hydrogen-bond acceptors (Lipinski definition) is 3. The minimum absolute atomic E-state index is 0.129. The molecule has 2 amide bonds. The molecule has 142 valence electrons. The number of nitrogens with one attached hydrogen (secondary N) is 2. The number of rotatable bonds is 3. The maximum absolute atomic E-state index is 14.5. The topological polar surface area (TPSA) is 57.3 Å². The Morgan fingerprint density at radius 1 is 1.04 bits per heavy atom. The van der Waals surface area contributed by atoms with Gasteiger partial charge in [-0.1, -0.05) is 12.1 Å². The van der Waals surface area contributed by atoms with Gasteiger partial charge in [-0.05, 0) is 42.5 Å². The Hall–Kier alpha value is -3.22. The van der Waals surface area contributed by atoms with Crippen molar-refractivity contribution in [1.29, 1.82) is 0 Å². The van der Waals surface area contributed by atoms with Crippen molar-refractivity contribution in [2.45, 2.75) is 6.42 Å². The highest BCUT2D eigenvalue weighted by molar-refractivity contribution is 6.07. The molecule has 1 saturated carbocycles. The predicted octanol–water partition coefficient (Wildman–Crippen LogP) is 4.61. The van der Waals surface area contributed by atoms with Gasteiger partial charge in [-0.2, -0.15) is 0 Å². The third kappa shape index (κ3) is 2.93. The maximum Gasteiger partial charge on any atom is 0.323 e. The van der Waals surface area contributed by atoms with E-state index in [-0.39, 0.29) is 11.4 Å². The third-order valence-electron chi connectivity index (χ3n) is 5.54. The number of halogens is 2. The van der Waals surface area contributed by atoms with Crippen LogP contribution in [0.1, 0.15) is 6.42 Å². The zero-order valence-electron chi connectivity index (χ0n) is 15.0. The molecule has 1 aliphatic carbocycles. The van der Waals surface area contributed by atoms with E-state index >= 15 is 0 Å². The number of benzene rings is 2. The number of nitrogens with zero attached hydrogens (tertiary/aromatic N) is 2. The second-order valence-corrected chi connectivity index (χ2v) is 7.40. The van der Waals surface area contributed by atoms with Crippen LogP contribution in [0.2, 0.25) is 0 Å². The molecule has 2 fully saturated rings. The summed E-state index contributed by atoms with van der Waals surface area (Å²) in [5.74, 6) is -0.735. The van der Waals surface area contributed by atoms with Gasteiger partial charge in [0.25, 0.3) is 0 Å². The van der Waals surface area contributed by atoms with Crippen molar-refractivity contribution in [3.05, 3.63) is 60.4 Å². The van der Waals surface area contributed by atoms with Crippen molar-refractivity contribution in [3.63, 3.8) is 0 Å². The Bertz CT molecular complexity index is 1070. The first-order valence-corrected chi connectivity index (χ1v) is 9.24. The van der Waals surface area contributed by atoms with E-state index in [1.165, 1.54) is 6.07 Å². The smallest absolute Gasteiger partial charge is 0.323 e. The van der Waals surface area contributed by atoms with Gasteiger partial charge < -0.3 is 15.5 Å². The molecule has 2 aliphatic rings. The Balaban J connectivity index is 1.41. The molecule has 1 saturated heterocycles. The molecular weight excluding hydrogens is 362 g/mol. The van der Waals surface area contributed by atoms with Gasteiger partial charge in [-0.15, -0.1) is 0 Å². The number of fused-ring (bicyclic) bond motifs is 2. The number of aromatic nitrogens is 1. The lowest BCUT2D eigenvalue weighted by Gasteiger charge is -2.24. The number of amides is 2. The summed E-state index contributed by atoms with van der Waals surface area (Å²) in [7, 11) is 0. The van der Waals surface area contributed by atoms with Gasteiger partial charge in [-0.3, -0.25) is 4.98 Å². The summed E-state index contributed by atoms with van der Waals surface area (Å²) in [6.07, 6.45) is 4.51. The van der Waals surface area contributed by atoms with E-state index in [9.17, 15) is 13.6 Å². The Kier molecular flexibility index (Phi) is 3.89. The third-order valence-corrected chi connectivity index (χ3v) is 5.54. The van der Waals surface area contributed by atoms with Crippen LogP contribution < -0.4 is 15.5 Å². The fourth-order valence-corrected chi connectivity index (χ4v) is 4.04. The number of pyridine rings is 1. The van der Waals surface area contributed by atoms with Gasteiger partial charge >= 0.3 is 6.03 Å². The number of hydrogen-bond donors (Lipinski definition) is 2. The van der Waals surface area contributed by atoms with Crippen LogP contribution in [-0.4, -0.2) is 24.1 Å². The van der Waals surface area contributed by atoms with Gasteiger partial charge in [-0.25, -0.2) is 13.6 Å². The normalized spacial score (nSPS) is 20.1. The second-order valence-electron chi connectivity index (χ2n) is 7.40.